The number of amides is 1. The zero-order valence-corrected chi connectivity index (χ0v) is 22.7. The maximum Gasteiger partial charge on any atom is 0.244 e. The molecule has 3 nitrogen and oxygen atoms in total. The highest BCUT2D eigenvalue weighted by Crippen LogP contribution is 2.47. The fourth-order valence-electron chi connectivity index (χ4n) is 5.73. The van der Waals surface area contributed by atoms with Gasteiger partial charge in [-0.3, -0.25) is 4.79 Å². The number of aliphatic hydroxyl groups excluding tert-OH is 1. The molecule has 0 saturated carbocycles. The lowest BCUT2D eigenvalue weighted by Crippen LogP contribution is -2.51. The molecule has 0 radical (unpaired) electrons. The Morgan fingerprint density at radius 1 is 1.00 bits per heavy atom. The number of carbonyl (C=O) groups excluding carboxylic acids is 1. The number of benzene rings is 1. The molecular weight excluding hydrogens is 430 g/mol. The monoisotopic (exact) mass is 477 g/mol. The number of hydrogen-bond acceptors (Lipinski definition) is 2. The lowest BCUT2D eigenvalue weighted by atomic mass is 9.62. The molecule has 0 aliphatic heterocycles. The van der Waals surface area contributed by atoms with Crippen LogP contribution < -0.4 is 5.32 Å². The van der Waals surface area contributed by atoms with Crippen LogP contribution in [0, 0.1) is 5.92 Å². The second-order valence-corrected chi connectivity index (χ2v) is 11.9. The summed E-state index contributed by atoms with van der Waals surface area (Å²) in [4.78, 5) is 13.1. The quantitative estimate of drug-likeness (QED) is 0.258. The van der Waals surface area contributed by atoms with Crippen molar-refractivity contribution in [1.29, 1.82) is 0 Å². The Morgan fingerprint density at radius 2 is 1.69 bits per heavy atom. The van der Waals surface area contributed by atoms with E-state index in [4.69, 9.17) is 0 Å². The third-order valence-corrected chi connectivity index (χ3v) is 8.25. The SMILES string of the molecule is CCCCCCCCC=CC(=O)NC1(c2ccc3c(c2)C(C)(C)CCC3(C)C)C=CC=CC1CO. The van der Waals surface area contributed by atoms with Gasteiger partial charge in [0.25, 0.3) is 0 Å². The van der Waals surface area contributed by atoms with Crippen molar-refractivity contribution < 1.29 is 9.90 Å². The van der Waals surface area contributed by atoms with Crippen LogP contribution in [0.15, 0.2) is 54.7 Å². The molecule has 0 fully saturated rings. The Kier molecular flexibility index (Phi) is 9.21. The Labute approximate surface area is 213 Å². The van der Waals surface area contributed by atoms with Crippen molar-refractivity contribution in [3.63, 3.8) is 0 Å². The number of nitrogens with one attached hydrogen (secondary N) is 1. The van der Waals surface area contributed by atoms with Gasteiger partial charge in [-0.2, -0.15) is 0 Å². The first-order valence-electron chi connectivity index (χ1n) is 13.8. The zero-order chi connectivity index (χ0) is 25.5. The van der Waals surface area contributed by atoms with Crippen LogP contribution in [0.2, 0.25) is 0 Å². The lowest BCUT2D eigenvalue weighted by Gasteiger charge is -2.44. The third-order valence-electron chi connectivity index (χ3n) is 8.25. The minimum atomic E-state index is -0.766. The average molecular weight is 478 g/mol. The van der Waals surface area contributed by atoms with E-state index < -0.39 is 5.54 Å². The molecular formula is C32H47NO2. The summed E-state index contributed by atoms with van der Waals surface area (Å²) in [6.07, 6.45) is 22.4. The number of aliphatic hydroxyl groups is 1. The van der Waals surface area contributed by atoms with Gasteiger partial charge in [-0.1, -0.05) is 115 Å². The maximum atomic E-state index is 13.1. The molecule has 2 aliphatic rings. The number of rotatable bonds is 11. The summed E-state index contributed by atoms with van der Waals surface area (Å²) in [7, 11) is 0. The summed E-state index contributed by atoms with van der Waals surface area (Å²) in [5.74, 6) is -0.326. The van der Waals surface area contributed by atoms with E-state index in [2.05, 4.69) is 64.2 Å². The number of unbranched alkanes of at least 4 members (excludes halogenated alkanes) is 6. The van der Waals surface area contributed by atoms with E-state index in [1.165, 1.54) is 49.7 Å². The summed E-state index contributed by atoms with van der Waals surface area (Å²) in [6.45, 7) is 11.5. The molecule has 2 unspecified atom stereocenters. The summed E-state index contributed by atoms with van der Waals surface area (Å²) in [6, 6.07) is 6.71. The van der Waals surface area contributed by atoms with Crippen LogP contribution in [0.3, 0.4) is 0 Å². The first kappa shape index (κ1) is 27.5. The number of carbonyl (C=O) groups is 1. The smallest absolute Gasteiger partial charge is 0.244 e. The molecule has 3 rings (SSSR count). The van der Waals surface area contributed by atoms with Crippen molar-refractivity contribution in [1.82, 2.24) is 5.32 Å². The van der Waals surface area contributed by atoms with Gasteiger partial charge in [0.1, 0.15) is 0 Å². The van der Waals surface area contributed by atoms with Crippen molar-refractivity contribution >= 4 is 5.91 Å². The molecule has 1 aromatic rings. The van der Waals surface area contributed by atoms with Crippen LogP contribution in [-0.4, -0.2) is 17.6 Å². The molecule has 192 valence electrons. The van der Waals surface area contributed by atoms with Gasteiger partial charge in [-0.15, -0.1) is 0 Å². The Morgan fingerprint density at radius 3 is 2.40 bits per heavy atom. The van der Waals surface area contributed by atoms with Gasteiger partial charge in [0.2, 0.25) is 5.91 Å². The van der Waals surface area contributed by atoms with E-state index in [1.807, 2.05) is 24.3 Å². The number of hydrogen-bond donors (Lipinski definition) is 2. The molecule has 0 aromatic heterocycles. The predicted molar refractivity (Wildman–Crippen MR) is 148 cm³/mol. The van der Waals surface area contributed by atoms with Gasteiger partial charge < -0.3 is 10.4 Å². The minimum absolute atomic E-state index is 0.0332. The van der Waals surface area contributed by atoms with Crippen molar-refractivity contribution in [2.75, 3.05) is 6.61 Å². The van der Waals surface area contributed by atoms with E-state index in [9.17, 15) is 9.90 Å². The van der Waals surface area contributed by atoms with E-state index >= 15 is 0 Å². The van der Waals surface area contributed by atoms with Gasteiger partial charge in [0, 0.05) is 5.92 Å². The average Bonchev–Trinajstić information content (AvgIpc) is 2.84. The molecule has 0 bridgehead atoms. The van der Waals surface area contributed by atoms with Crippen LogP contribution in [0.4, 0.5) is 0 Å². The molecule has 2 aliphatic carbocycles. The molecule has 0 heterocycles. The lowest BCUT2D eigenvalue weighted by molar-refractivity contribution is -0.118. The second-order valence-electron chi connectivity index (χ2n) is 11.9. The van der Waals surface area contributed by atoms with Crippen LogP contribution >= 0.6 is 0 Å². The van der Waals surface area contributed by atoms with Crippen molar-refractivity contribution in [2.24, 2.45) is 5.92 Å². The zero-order valence-electron chi connectivity index (χ0n) is 22.7. The van der Waals surface area contributed by atoms with Crippen LogP contribution in [0.5, 0.6) is 0 Å². The molecule has 1 aromatic carbocycles. The van der Waals surface area contributed by atoms with Crippen LogP contribution in [-0.2, 0) is 21.2 Å². The first-order valence-corrected chi connectivity index (χ1v) is 13.8. The summed E-state index contributed by atoms with van der Waals surface area (Å²) in [5, 5.41) is 13.6. The molecule has 0 saturated heterocycles. The first-order chi connectivity index (χ1) is 16.7. The fraction of sp³-hybridized carbons (Fsp3) is 0.594. The standard InChI is InChI=1S/C32H47NO2/c1-6-7-8-9-10-11-12-13-17-29(35)33-32(20-15-14-16-26(32)24-34)25-18-19-27-28(23-25)31(4,5)22-21-30(27,2)3/h13-20,23,26,34H,6-12,21-22,24H2,1-5H3,(H,33,35). The molecule has 1 amide bonds. The second kappa shape index (κ2) is 11.7. The normalized spacial score (nSPS) is 24.5. The van der Waals surface area contributed by atoms with Crippen molar-refractivity contribution in [2.45, 2.75) is 109 Å². The Bertz CT molecular complexity index is 952. The number of fused-ring (bicyclic) bond motifs is 1. The van der Waals surface area contributed by atoms with Gasteiger partial charge in [-0.05, 0) is 59.3 Å². The third kappa shape index (κ3) is 6.36. The van der Waals surface area contributed by atoms with E-state index in [1.54, 1.807) is 6.08 Å². The molecule has 35 heavy (non-hydrogen) atoms. The Balaban J connectivity index is 1.83. The topological polar surface area (TPSA) is 49.3 Å². The fourth-order valence-corrected chi connectivity index (χ4v) is 5.73. The van der Waals surface area contributed by atoms with Gasteiger partial charge >= 0.3 is 0 Å². The van der Waals surface area contributed by atoms with Crippen LogP contribution in [0.25, 0.3) is 0 Å². The highest BCUT2D eigenvalue weighted by molar-refractivity contribution is 5.88. The molecule has 3 heteroatoms. The summed E-state index contributed by atoms with van der Waals surface area (Å²) in [5.41, 5.74) is 3.24. The maximum absolute atomic E-state index is 13.1. The van der Waals surface area contributed by atoms with Crippen LogP contribution in [0.1, 0.15) is 109 Å². The molecule has 2 atom stereocenters. The number of allylic oxidation sites excluding steroid dienone is 3. The van der Waals surface area contributed by atoms with E-state index in [-0.39, 0.29) is 29.3 Å². The van der Waals surface area contributed by atoms with Gasteiger partial charge in [0.15, 0.2) is 0 Å². The Hall–Kier alpha value is -2.13. The largest absolute Gasteiger partial charge is 0.396 e. The van der Waals surface area contributed by atoms with Gasteiger partial charge in [0.05, 0.1) is 12.1 Å². The highest BCUT2D eigenvalue weighted by Gasteiger charge is 2.42. The highest BCUT2D eigenvalue weighted by atomic mass is 16.3. The predicted octanol–water partition coefficient (Wildman–Crippen LogP) is 7.39. The van der Waals surface area contributed by atoms with E-state index in [0.29, 0.717) is 0 Å². The summed E-state index contributed by atoms with van der Waals surface area (Å²) >= 11 is 0. The minimum Gasteiger partial charge on any atom is -0.396 e. The van der Waals surface area contributed by atoms with Gasteiger partial charge in [-0.25, -0.2) is 0 Å². The van der Waals surface area contributed by atoms with Crippen molar-refractivity contribution in [3.05, 3.63) is 71.3 Å². The summed E-state index contributed by atoms with van der Waals surface area (Å²) < 4.78 is 0. The molecule has 0 spiro atoms. The van der Waals surface area contributed by atoms with E-state index in [0.717, 1.165) is 24.8 Å². The molecule has 2 N–H and O–H groups in total. The van der Waals surface area contributed by atoms with Crippen molar-refractivity contribution in [3.8, 4) is 0 Å².